The van der Waals surface area contributed by atoms with Gasteiger partial charge in [-0.25, -0.2) is 9.37 Å². The molecule has 0 bridgehead atoms. The molecule has 0 aliphatic heterocycles. The SMILES string of the molecule is CCCn1ccc(C(=O)NC(COC)C(=O)Nc2nc(-c3ccc(F)c(CC4CC4)c3)cs2)c1. The van der Waals surface area contributed by atoms with Gasteiger partial charge in [0.15, 0.2) is 5.13 Å². The van der Waals surface area contributed by atoms with Crippen LogP contribution in [0.1, 0.15) is 42.1 Å². The van der Waals surface area contributed by atoms with Crippen molar-refractivity contribution in [3.8, 4) is 11.3 Å². The third kappa shape index (κ3) is 6.09. The molecule has 2 heterocycles. The summed E-state index contributed by atoms with van der Waals surface area (Å²) in [6, 6.07) is 5.86. The van der Waals surface area contributed by atoms with Crippen LogP contribution in [0.25, 0.3) is 11.3 Å². The first kappa shape index (κ1) is 24.1. The zero-order chi connectivity index (χ0) is 24.1. The summed E-state index contributed by atoms with van der Waals surface area (Å²) in [6.45, 7) is 2.90. The largest absolute Gasteiger partial charge is 0.382 e. The van der Waals surface area contributed by atoms with E-state index in [2.05, 4.69) is 22.5 Å². The molecule has 9 heteroatoms. The van der Waals surface area contributed by atoms with Gasteiger partial charge in [-0.2, -0.15) is 0 Å². The number of carbonyl (C=O) groups is 2. The standard InChI is InChI=1S/C25H29FN4O3S/c1-3-9-30-10-8-18(13-30)23(31)27-21(14-33-2)24(32)29-25-28-22(15-34-25)17-6-7-20(26)19(12-17)11-16-4-5-16/h6-8,10,12-13,15-16,21H,3-5,9,11,14H2,1-2H3,(H,27,31)(H,28,29,32). The van der Waals surface area contributed by atoms with Crippen LogP contribution in [0.15, 0.2) is 42.0 Å². The van der Waals surface area contributed by atoms with E-state index in [0.29, 0.717) is 27.9 Å². The molecule has 3 aromatic rings. The fourth-order valence-corrected chi connectivity index (χ4v) is 4.47. The number of ether oxygens (including phenoxy) is 1. The number of anilines is 1. The quantitative estimate of drug-likeness (QED) is 0.420. The van der Waals surface area contributed by atoms with Gasteiger partial charge in [0.05, 0.1) is 17.9 Å². The maximum Gasteiger partial charge on any atom is 0.253 e. The van der Waals surface area contributed by atoms with Gasteiger partial charge in [-0.3, -0.25) is 9.59 Å². The first-order valence-corrected chi connectivity index (χ1v) is 12.4. The molecular weight excluding hydrogens is 455 g/mol. The van der Waals surface area contributed by atoms with Crippen molar-refractivity contribution in [1.82, 2.24) is 14.9 Å². The molecule has 2 N–H and O–H groups in total. The maximum absolute atomic E-state index is 14.2. The zero-order valence-electron chi connectivity index (χ0n) is 19.3. The predicted octanol–water partition coefficient (Wildman–Crippen LogP) is 4.50. The van der Waals surface area contributed by atoms with Crippen molar-refractivity contribution in [1.29, 1.82) is 0 Å². The lowest BCUT2D eigenvalue weighted by atomic mass is 10.0. The number of aryl methyl sites for hydroxylation is 1. The molecule has 1 aromatic carbocycles. The second-order valence-corrected chi connectivity index (χ2v) is 9.46. The Morgan fingerprint density at radius 2 is 2.15 bits per heavy atom. The van der Waals surface area contributed by atoms with Gasteiger partial charge in [0.2, 0.25) is 0 Å². The van der Waals surface area contributed by atoms with Crippen LogP contribution in [0.4, 0.5) is 9.52 Å². The Morgan fingerprint density at radius 3 is 2.88 bits per heavy atom. The second kappa shape index (κ2) is 10.9. The molecule has 4 rings (SSSR count). The highest BCUT2D eigenvalue weighted by Gasteiger charge is 2.24. The smallest absolute Gasteiger partial charge is 0.253 e. The van der Waals surface area contributed by atoms with Crippen molar-refractivity contribution < 1.29 is 18.7 Å². The lowest BCUT2D eigenvalue weighted by Gasteiger charge is -2.16. The summed E-state index contributed by atoms with van der Waals surface area (Å²) in [4.78, 5) is 30.0. The topological polar surface area (TPSA) is 85.2 Å². The van der Waals surface area contributed by atoms with Gasteiger partial charge in [0.1, 0.15) is 11.9 Å². The summed E-state index contributed by atoms with van der Waals surface area (Å²) >= 11 is 1.27. The van der Waals surface area contributed by atoms with E-state index < -0.39 is 11.9 Å². The minimum absolute atomic E-state index is 0.0218. The number of halogens is 1. The van der Waals surface area contributed by atoms with E-state index in [-0.39, 0.29) is 18.3 Å². The number of methoxy groups -OCH3 is 1. The number of hydrogen-bond acceptors (Lipinski definition) is 5. The fourth-order valence-electron chi connectivity index (χ4n) is 3.74. The van der Waals surface area contributed by atoms with E-state index in [9.17, 15) is 14.0 Å². The van der Waals surface area contributed by atoms with Crippen LogP contribution in [0, 0.1) is 11.7 Å². The number of rotatable bonds is 11. The van der Waals surface area contributed by atoms with Crippen LogP contribution in [-0.2, 0) is 22.5 Å². The highest BCUT2D eigenvalue weighted by Crippen LogP contribution is 2.34. The number of carbonyl (C=O) groups excluding carboxylic acids is 2. The summed E-state index contributed by atoms with van der Waals surface area (Å²) in [6.07, 6.45) is 7.61. The molecule has 2 aromatic heterocycles. The molecule has 1 saturated carbocycles. The zero-order valence-corrected chi connectivity index (χ0v) is 20.2. The highest BCUT2D eigenvalue weighted by atomic mass is 32.1. The van der Waals surface area contributed by atoms with Crippen LogP contribution in [0.2, 0.25) is 0 Å². The van der Waals surface area contributed by atoms with Crippen molar-refractivity contribution in [2.24, 2.45) is 5.92 Å². The molecule has 1 aliphatic carbocycles. The molecule has 7 nitrogen and oxygen atoms in total. The normalized spacial score (nSPS) is 14.1. The molecule has 0 saturated heterocycles. The molecule has 34 heavy (non-hydrogen) atoms. The lowest BCUT2D eigenvalue weighted by molar-refractivity contribution is -0.119. The number of benzene rings is 1. The number of nitrogens with zero attached hydrogens (tertiary/aromatic N) is 2. The Labute approximate surface area is 202 Å². The molecule has 0 radical (unpaired) electrons. The van der Waals surface area contributed by atoms with Crippen molar-refractivity contribution in [3.05, 3.63) is 59.0 Å². The molecule has 1 fully saturated rings. The van der Waals surface area contributed by atoms with Crippen LogP contribution in [0.3, 0.4) is 0 Å². The van der Waals surface area contributed by atoms with Crippen molar-refractivity contribution >= 4 is 28.3 Å². The van der Waals surface area contributed by atoms with Crippen LogP contribution >= 0.6 is 11.3 Å². The Hall–Kier alpha value is -3.04. The van der Waals surface area contributed by atoms with Crippen LogP contribution in [0.5, 0.6) is 0 Å². The number of nitrogens with one attached hydrogen (secondary N) is 2. The number of amides is 2. The minimum atomic E-state index is -0.879. The summed E-state index contributed by atoms with van der Waals surface area (Å²) in [5, 5.41) is 7.72. The van der Waals surface area contributed by atoms with E-state index in [1.54, 1.807) is 18.3 Å². The number of hydrogen-bond donors (Lipinski definition) is 2. The maximum atomic E-state index is 14.2. The predicted molar refractivity (Wildman–Crippen MR) is 130 cm³/mol. The summed E-state index contributed by atoms with van der Waals surface area (Å²) in [5.41, 5.74) is 2.67. The summed E-state index contributed by atoms with van der Waals surface area (Å²) < 4.78 is 21.2. The van der Waals surface area contributed by atoms with Gasteiger partial charge in [0.25, 0.3) is 11.8 Å². The van der Waals surface area contributed by atoms with Gasteiger partial charge in [-0.1, -0.05) is 6.92 Å². The Balaban J connectivity index is 1.41. The van der Waals surface area contributed by atoms with Gasteiger partial charge < -0.3 is 19.9 Å². The first-order chi connectivity index (χ1) is 16.5. The third-order valence-electron chi connectivity index (χ3n) is 5.73. The Bertz CT molecular complexity index is 1150. The van der Waals surface area contributed by atoms with E-state index in [0.717, 1.165) is 37.8 Å². The van der Waals surface area contributed by atoms with E-state index in [1.807, 2.05) is 22.2 Å². The van der Waals surface area contributed by atoms with Gasteiger partial charge in [-0.05, 0) is 61.4 Å². The molecule has 1 aliphatic rings. The lowest BCUT2D eigenvalue weighted by Crippen LogP contribution is -2.46. The average Bonchev–Trinajstić information content (AvgIpc) is 3.29. The number of thiazole rings is 1. The Kier molecular flexibility index (Phi) is 7.74. The Morgan fingerprint density at radius 1 is 1.32 bits per heavy atom. The molecule has 1 unspecified atom stereocenters. The van der Waals surface area contributed by atoms with Gasteiger partial charge in [-0.15, -0.1) is 11.3 Å². The van der Waals surface area contributed by atoms with Crippen LogP contribution < -0.4 is 10.6 Å². The second-order valence-electron chi connectivity index (χ2n) is 8.60. The molecule has 0 spiro atoms. The summed E-state index contributed by atoms with van der Waals surface area (Å²) in [5.74, 6) is -0.380. The summed E-state index contributed by atoms with van der Waals surface area (Å²) in [7, 11) is 1.47. The average molecular weight is 485 g/mol. The van der Waals surface area contributed by atoms with Gasteiger partial charge in [0, 0.05) is 37.0 Å². The highest BCUT2D eigenvalue weighted by molar-refractivity contribution is 7.14. The monoisotopic (exact) mass is 484 g/mol. The van der Waals surface area contributed by atoms with Crippen LogP contribution in [-0.4, -0.2) is 41.1 Å². The van der Waals surface area contributed by atoms with E-state index in [4.69, 9.17) is 4.74 Å². The third-order valence-corrected chi connectivity index (χ3v) is 6.49. The van der Waals surface area contributed by atoms with Crippen molar-refractivity contribution in [3.63, 3.8) is 0 Å². The van der Waals surface area contributed by atoms with Crippen molar-refractivity contribution in [2.45, 2.75) is 45.2 Å². The van der Waals surface area contributed by atoms with Gasteiger partial charge >= 0.3 is 0 Å². The fraction of sp³-hybridized carbons (Fsp3) is 0.400. The molecule has 2 amide bonds. The van der Waals surface area contributed by atoms with E-state index in [1.165, 1.54) is 24.5 Å². The molecule has 1 atom stereocenters. The molecular formula is C25H29FN4O3S. The molecule has 180 valence electrons. The number of aromatic nitrogens is 2. The minimum Gasteiger partial charge on any atom is -0.382 e. The van der Waals surface area contributed by atoms with Crippen molar-refractivity contribution in [2.75, 3.05) is 19.0 Å². The van der Waals surface area contributed by atoms with E-state index >= 15 is 0 Å². The first-order valence-electron chi connectivity index (χ1n) is 11.5.